The molecule has 200 valence electrons. The highest BCUT2D eigenvalue weighted by molar-refractivity contribution is 7.99. The molecule has 0 spiro atoms. The van der Waals surface area contributed by atoms with E-state index < -0.39 is 6.29 Å². The second kappa shape index (κ2) is 14.6. The fraction of sp³-hybridized carbons (Fsp3) is 0.444. The number of methoxy groups -OCH3 is 2. The average molecular weight is 530 g/mol. The van der Waals surface area contributed by atoms with Gasteiger partial charge in [0.25, 0.3) is 5.56 Å². The Kier molecular flexibility index (Phi) is 11.2. The molecule has 1 aromatic heterocycles. The predicted molar refractivity (Wildman–Crippen MR) is 145 cm³/mol. The first-order valence-electron chi connectivity index (χ1n) is 12.3. The molecular weight excluding hydrogens is 494 g/mol. The zero-order chi connectivity index (χ0) is 26.6. The lowest BCUT2D eigenvalue weighted by Crippen LogP contribution is -2.29. The summed E-state index contributed by atoms with van der Waals surface area (Å²) in [5, 5.41) is 3.96. The molecule has 2 aromatic carbocycles. The Balaban J connectivity index is 1.65. The first-order chi connectivity index (χ1) is 18.0. The number of aromatic nitrogens is 2. The number of hydrogen-bond donors (Lipinski definition) is 1. The van der Waals surface area contributed by atoms with E-state index in [0.29, 0.717) is 66.7 Å². The summed E-state index contributed by atoms with van der Waals surface area (Å²) in [6.45, 7) is 5.67. The van der Waals surface area contributed by atoms with E-state index in [1.165, 1.54) is 11.8 Å². The fourth-order valence-electron chi connectivity index (χ4n) is 3.84. The van der Waals surface area contributed by atoms with E-state index in [1.807, 2.05) is 44.2 Å². The molecule has 0 aliphatic carbocycles. The number of para-hydroxylation sites is 1. The zero-order valence-electron chi connectivity index (χ0n) is 21.8. The highest BCUT2D eigenvalue weighted by Gasteiger charge is 2.16. The predicted octanol–water partition coefficient (Wildman–Crippen LogP) is 3.65. The summed E-state index contributed by atoms with van der Waals surface area (Å²) in [4.78, 5) is 30.5. The number of thioether (sulfide) groups is 1. The Morgan fingerprint density at radius 2 is 1.78 bits per heavy atom. The van der Waals surface area contributed by atoms with E-state index in [1.54, 1.807) is 30.9 Å². The number of rotatable bonds is 15. The Labute approximate surface area is 221 Å². The van der Waals surface area contributed by atoms with Crippen LogP contribution in [0.25, 0.3) is 10.9 Å². The van der Waals surface area contributed by atoms with Gasteiger partial charge in [-0.25, -0.2) is 4.98 Å². The molecule has 0 atom stereocenters. The molecule has 0 fully saturated rings. The zero-order valence-corrected chi connectivity index (χ0v) is 22.6. The Hall–Kier alpha value is -3.08. The lowest BCUT2D eigenvalue weighted by Gasteiger charge is -2.19. The summed E-state index contributed by atoms with van der Waals surface area (Å²) < 4.78 is 23.5. The maximum Gasteiger partial charge on any atom is 0.262 e. The third kappa shape index (κ3) is 7.95. The largest absolute Gasteiger partial charge is 0.493 e. The first-order valence-corrected chi connectivity index (χ1v) is 13.3. The van der Waals surface area contributed by atoms with E-state index in [0.717, 1.165) is 5.56 Å². The molecule has 1 amide bonds. The summed E-state index contributed by atoms with van der Waals surface area (Å²) in [7, 11) is 3.18. The fourth-order valence-corrected chi connectivity index (χ4v) is 4.69. The highest BCUT2D eigenvalue weighted by atomic mass is 32.2. The smallest absolute Gasteiger partial charge is 0.262 e. The third-order valence-electron chi connectivity index (χ3n) is 5.64. The molecule has 0 radical (unpaired) electrons. The standard InChI is InChI=1S/C27H35N3O6S/c1-5-35-25(36-6-2)14-16-30-26(32)20-9-7-8-10-21(20)29-27(30)37-18-24(31)28-15-13-19-11-12-22(33-3)23(17-19)34-4/h7-12,17,25H,5-6,13-16,18H2,1-4H3,(H,28,31). The average Bonchev–Trinajstić information content (AvgIpc) is 2.91. The number of benzene rings is 2. The number of amides is 1. The summed E-state index contributed by atoms with van der Waals surface area (Å²) in [5.74, 6) is 1.31. The molecule has 37 heavy (non-hydrogen) atoms. The van der Waals surface area contributed by atoms with Crippen LogP contribution in [0.5, 0.6) is 11.5 Å². The second-order valence-electron chi connectivity index (χ2n) is 8.08. The minimum atomic E-state index is -0.411. The molecule has 3 rings (SSSR count). The van der Waals surface area contributed by atoms with Crippen molar-refractivity contribution in [2.45, 2.75) is 44.7 Å². The lowest BCUT2D eigenvalue weighted by molar-refractivity contribution is -0.141. The van der Waals surface area contributed by atoms with Crippen molar-refractivity contribution in [2.75, 3.05) is 39.7 Å². The molecule has 1 heterocycles. The number of nitrogens with one attached hydrogen (secondary N) is 1. The van der Waals surface area contributed by atoms with Crippen LogP contribution < -0.4 is 20.3 Å². The first kappa shape index (κ1) is 28.5. The normalized spacial score (nSPS) is 11.2. The molecule has 0 bridgehead atoms. The van der Waals surface area contributed by atoms with Crippen molar-refractivity contribution in [3.8, 4) is 11.5 Å². The maximum absolute atomic E-state index is 13.3. The minimum Gasteiger partial charge on any atom is -0.493 e. The van der Waals surface area contributed by atoms with Gasteiger partial charge in [0.1, 0.15) is 0 Å². The summed E-state index contributed by atoms with van der Waals surface area (Å²) in [6.07, 6.45) is 0.727. The number of nitrogens with zero attached hydrogens (tertiary/aromatic N) is 2. The monoisotopic (exact) mass is 529 g/mol. The van der Waals surface area contributed by atoms with Crippen LogP contribution in [-0.4, -0.2) is 61.5 Å². The molecule has 0 saturated carbocycles. The molecule has 0 unspecified atom stereocenters. The van der Waals surface area contributed by atoms with Gasteiger partial charge in [0.2, 0.25) is 5.91 Å². The summed E-state index contributed by atoms with van der Waals surface area (Å²) in [5.41, 5.74) is 1.48. The van der Waals surface area contributed by atoms with Crippen LogP contribution >= 0.6 is 11.8 Å². The molecule has 1 N–H and O–H groups in total. The number of carbonyl (C=O) groups excluding carboxylic acids is 1. The van der Waals surface area contributed by atoms with E-state index in [-0.39, 0.29) is 17.2 Å². The van der Waals surface area contributed by atoms with Crippen molar-refractivity contribution < 1.29 is 23.7 Å². The van der Waals surface area contributed by atoms with Gasteiger partial charge in [-0.3, -0.25) is 14.2 Å². The molecule has 9 nitrogen and oxygen atoms in total. The highest BCUT2D eigenvalue weighted by Crippen LogP contribution is 2.27. The van der Waals surface area contributed by atoms with Crippen LogP contribution in [0.15, 0.2) is 52.4 Å². The van der Waals surface area contributed by atoms with E-state index in [9.17, 15) is 9.59 Å². The molecule has 3 aromatic rings. The van der Waals surface area contributed by atoms with Gasteiger partial charge < -0.3 is 24.3 Å². The van der Waals surface area contributed by atoms with Gasteiger partial charge in [-0.1, -0.05) is 30.0 Å². The van der Waals surface area contributed by atoms with Crippen LogP contribution in [-0.2, 0) is 27.2 Å². The molecule has 0 aliphatic rings. The van der Waals surface area contributed by atoms with Gasteiger partial charge in [-0.05, 0) is 50.1 Å². The van der Waals surface area contributed by atoms with Gasteiger partial charge in [-0.2, -0.15) is 0 Å². The number of fused-ring (bicyclic) bond motifs is 1. The molecule has 10 heteroatoms. The van der Waals surface area contributed by atoms with E-state index in [2.05, 4.69) is 10.3 Å². The van der Waals surface area contributed by atoms with Gasteiger partial charge >= 0.3 is 0 Å². The Morgan fingerprint density at radius 3 is 2.49 bits per heavy atom. The van der Waals surface area contributed by atoms with Crippen LogP contribution in [0.2, 0.25) is 0 Å². The molecular formula is C27H35N3O6S. The minimum absolute atomic E-state index is 0.136. The van der Waals surface area contributed by atoms with Gasteiger partial charge in [0, 0.05) is 32.7 Å². The number of ether oxygens (including phenoxy) is 4. The second-order valence-corrected chi connectivity index (χ2v) is 9.02. The summed E-state index contributed by atoms with van der Waals surface area (Å²) in [6, 6.07) is 12.9. The SMILES string of the molecule is CCOC(CCn1c(SCC(=O)NCCc2ccc(OC)c(OC)c2)nc2ccccc2c1=O)OCC. The molecule has 0 saturated heterocycles. The Bertz CT molecular complexity index is 1230. The third-order valence-corrected chi connectivity index (χ3v) is 6.61. The van der Waals surface area contributed by atoms with Crippen molar-refractivity contribution in [1.29, 1.82) is 0 Å². The van der Waals surface area contributed by atoms with Crippen molar-refractivity contribution in [3.63, 3.8) is 0 Å². The topological polar surface area (TPSA) is 101 Å². The van der Waals surface area contributed by atoms with Gasteiger partial charge in [0.05, 0.1) is 30.9 Å². The summed E-state index contributed by atoms with van der Waals surface area (Å²) >= 11 is 1.24. The van der Waals surface area contributed by atoms with Crippen molar-refractivity contribution in [1.82, 2.24) is 14.9 Å². The van der Waals surface area contributed by atoms with Crippen molar-refractivity contribution >= 4 is 28.6 Å². The number of hydrogen-bond acceptors (Lipinski definition) is 8. The lowest BCUT2D eigenvalue weighted by atomic mass is 10.1. The van der Waals surface area contributed by atoms with Gasteiger partial charge in [-0.15, -0.1) is 0 Å². The van der Waals surface area contributed by atoms with Crippen LogP contribution in [0.3, 0.4) is 0 Å². The van der Waals surface area contributed by atoms with Crippen LogP contribution in [0.1, 0.15) is 25.8 Å². The maximum atomic E-state index is 13.3. The van der Waals surface area contributed by atoms with Crippen LogP contribution in [0.4, 0.5) is 0 Å². The molecule has 0 aliphatic heterocycles. The van der Waals surface area contributed by atoms with E-state index in [4.69, 9.17) is 18.9 Å². The van der Waals surface area contributed by atoms with E-state index >= 15 is 0 Å². The number of carbonyl (C=O) groups is 1. The Morgan fingerprint density at radius 1 is 1.05 bits per heavy atom. The van der Waals surface area contributed by atoms with Crippen LogP contribution in [0, 0.1) is 0 Å². The van der Waals surface area contributed by atoms with Crippen molar-refractivity contribution in [2.24, 2.45) is 0 Å². The van der Waals surface area contributed by atoms with Crippen molar-refractivity contribution in [3.05, 3.63) is 58.4 Å². The van der Waals surface area contributed by atoms with Gasteiger partial charge in [0.15, 0.2) is 22.9 Å². The quantitative estimate of drug-likeness (QED) is 0.181.